The fourth-order valence-corrected chi connectivity index (χ4v) is 2.41. The predicted molar refractivity (Wildman–Crippen MR) is 59.6 cm³/mol. The van der Waals surface area contributed by atoms with Gasteiger partial charge in [0.05, 0.1) is 10.5 Å². The maximum absolute atomic E-state index is 10.4. The topological polar surface area (TPSA) is 91.3 Å². The Labute approximate surface area is 96.6 Å². The molecule has 0 atom stereocenters. The molecular formula is C9H13N3O3S. The molecule has 0 aromatic carbocycles. The molecule has 0 spiro atoms. The minimum atomic E-state index is -0.474. The maximum atomic E-state index is 10.4. The zero-order chi connectivity index (χ0) is 11.6. The van der Waals surface area contributed by atoms with Crippen LogP contribution in [-0.2, 0) is 0 Å². The summed E-state index contributed by atoms with van der Waals surface area (Å²) in [5, 5.41) is 10.7. The standard InChI is InChI=1S/C9H13N3O3S/c10-9(3-1-2-4-9)6-15-8-11-5-7(16-8)12(13)14/h5H,1-4,6,10H2. The van der Waals surface area contributed by atoms with Gasteiger partial charge in [-0.15, -0.1) is 0 Å². The van der Waals surface area contributed by atoms with E-state index in [0.29, 0.717) is 11.8 Å². The van der Waals surface area contributed by atoms with E-state index in [2.05, 4.69) is 4.98 Å². The highest BCUT2D eigenvalue weighted by atomic mass is 32.1. The number of hydrogen-bond acceptors (Lipinski definition) is 6. The summed E-state index contributed by atoms with van der Waals surface area (Å²) in [6, 6.07) is 0. The maximum Gasteiger partial charge on any atom is 0.347 e. The lowest BCUT2D eigenvalue weighted by molar-refractivity contribution is -0.380. The molecule has 0 amide bonds. The highest BCUT2D eigenvalue weighted by Gasteiger charge is 2.30. The van der Waals surface area contributed by atoms with Crippen molar-refractivity contribution in [2.24, 2.45) is 5.73 Å². The third-order valence-electron chi connectivity index (χ3n) is 2.73. The van der Waals surface area contributed by atoms with Gasteiger partial charge in [-0.3, -0.25) is 10.1 Å². The number of nitrogens with two attached hydrogens (primary N) is 1. The molecular weight excluding hydrogens is 230 g/mol. The van der Waals surface area contributed by atoms with E-state index in [1.165, 1.54) is 6.20 Å². The van der Waals surface area contributed by atoms with Gasteiger partial charge in [0.1, 0.15) is 12.8 Å². The van der Waals surface area contributed by atoms with Crippen molar-refractivity contribution in [3.63, 3.8) is 0 Å². The number of thiazole rings is 1. The quantitative estimate of drug-likeness (QED) is 0.642. The van der Waals surface area contributed by atoms with Gasteiger partial charge in [0.15, 0.2) is 0 Å². The third kappa shape index (κ3) is 2.48. The predicted octanol–water partition coefficient (Wildman–Crippen LogP) is 1.70. The van der Waals surface area contributed by atoms with Gasteiger partial charge in [0, 0.05) is 0 Å². The molecule has 1 fully saturated rings. The Morgan fingerprint density at radius 3 is 2.88 bits per heavy atom. The van der Waals surface area contributed by atoms with E-state index in [4.69, 9.17) is 10.5 Å². The molecule has 0 radical (unpaired) electrons. The van der Waals surface area contributed by atoms with Crippen molar-refractivity contribution in [3.8, 4) is 5.19 Å². The lowest BCUT2D eigenvalue weighted by atomic mass is 10.0. The van der Waals surface area contributed by atoms with E-state index in [1.54, 1.807) is 0 Å². The number of rotatable bonds is 4. The Morgan fingerprint density at radius 1 is 1.62 bits per heavy atom. The van der Waals surface area contributed by atoms with Crippen molar-refractivity contribution in [3.05, 3.63) is 16.3 Å². The summed E-state index contributed by atoms with van der Waals surface area (Å²) in [5.41, 5.74) is 5.81. The average molecular weight is 243 g/mol. The Bertz CT molecular complexity index is 387. The van der Waals surface area contributed by atoms with E-state index in [1.807, 2.05) is 0 Å². The summed E-state index contributed by atoms with van der Waals surface area (Å²) < 4.78 is 5.40. The van der Waals surface area contributed by atoms with E-state index in [-0.39, 0.29) is 10.5 Å². The molecule has 1 saturated carbocycles. The first-order valence-electron chi connectivity index (χ1n) is 5.11. The average Bonchev–Trinajstić information content (AvgIpc) is 2.84. The summed E-state index contributed by atoms with van der Waals surface area (Å²) in [6.45, 7) is 0.387. The third-order valence-corrected chi connectivity index (χ3v) is 3.60. The number of nitro groups is 1. The zero-order valence-electron chi connectivity index (χ0n) is 8.72. The van der Waals surface area contributed by atoms with E-state index >= 15 is 0 Å². The van der Waals surface area contributed by atoms with Crippen molar-refractivity contribution in [2.45, 2.75) is 31.2 Å². The lowest BCUT2D eigenvalue weighted by Gasteiger charge is -2.22. The van der Waals surface area contributed by atoms with Crippen LogP contribution in [0.5, 0.6) is 5.19 Å². The molecule has 7 heteroatoms. The smallest absolute Gasteiger partial charge is 0.347 e. The van der Waals surface area contributed by atoms with Crippen LogP contribution in [-0.4, -0.2) is 22.1 Å². The van der Waals surface area contributed by atoms with E-state index < -0.39 is 4.92 Å². The van der Waals surface area contributed by atoms with Crippen molar-refractivity contribution in [1.29, 1.82) is 0 Å². The minimum absolute atomic E-state index is 0.00695. The van der Waals surface area contributed by atoms with Crippen LogP contribution in [0, 0.1) is 10.1 Å². The molecule has 88 valence electrons. The summed E-state index contributed by atoms with van der Waals surface area (Å²) >= 11 is 0.935. The molecule has 0 aliphatic heterocycles. The Kier molecular flexibility index (Phi) is 3.06. The second-order valence-electron chi connectivity index (χ2n) is 4.08. The van der Waals surface area contributed by atoms with Crippen LogP contribution in [0.1, 0.15) is 25.7 Å². The molecule has 1 aromatic heterocycles. The highest BCUT2D eigenvalue weighted by molar-refractivity contribution is 7.16. The SMILES string of the molecule is NC1(COc2ncc([N+](=O)[O-])s2)CCCC1. The number of nitrogens with zero attached hydrogens (tertiary/aromatic N) is 2. The second-order valence-corrected chi connectivity index (χ2v) is 5.05. The molecule has 0 unspecified atom stereocenters. The molecule has 0 bridgehead atoms. The van der Waals surface area contributed by atoms with E-state index in [0.717, 1.165) is 37.0 Å². The Hall–Kier alpha value is -1.21. The van der Waals surface area contributed by atoms with E-state index in [9.17, 15) is 10.1 Å². The monoisotopic (exact) mass is 243 g/mol. The first-order valence-corrected chi connectivity index (χ1v) is 5.93. The molecule has 0 saturated heterocycles. The van der Waals surface area contributed by atoms with Crippen LogP contribution in [0.2, 0.25) is 0 Å². The van der Waals surface area contributed by atoms with Crippen LogP contribution < -0.4 is 10.5 Å². The summed E-state index contributed by atoms with van der Waals surface area (Å²) in [4.78, 5) is 13.8. The summed E-state index contributed by atoms with van der Waals surface area (Å²) in [6.07, 6.45) is 5.34. The van der Waals surface area contributed by atoms with Gasteiger partial charge in [-0.1, -0.05) is 12.8 Å². The zero-order valence-corrected chi connectivity index (χ0v) is 9.53. The van der Waals surface area contributed by atoms with Crippen molar-refractivity contribution >= 4 is 16.3 Å². The Morgan fingerprint density at radius 2 is 2.31 bits per heavy atom. The van der Waals surface area contributed by atoms with Crippen LogP contribution in [0.25, 0.3) is 0 Å². The first kappa shape index (κ1) is 11.3. The molecule has 2 N–H and O–H groups in total. The molecule has 2 rings (SSSR count). The minimum Gasteiger partial charge on any atom is -0.468 e. The Balaban J connectivity index is 1.91. The molecule has 16 heavy (non-hydrogen) atoms. The van der Waals surface area contributed by atoms with Crippen LogP contribution in [0.15, 0.2) is 6.20 Å². The molecule has 6 nitrogen and oxygen atoms in total. The van der Waals surface area contributed by atoms with Gasteiger partial charge in [0.25, 0.3) is 5.19 Å². The first-order chi connectivity index (χ1) is 7.59. The van der Waals surface area contributed by atoms with Gasteiger partial charge in [-0.05, 0) is 24.2 Å². The van der Waals surface area contributed by atoms with Crippen LogP contribution in [0.4, 0.5) is 5.00 Å². The highest BCUT2D eigenvalue weighted by Crippen LogP contribution is 2.31. The normalized spacial score (nSPS) is 18.6. The van der Waals surface area contributed by atoms with Crippen LogP contribution in [0.3, 0.4) is 0 Å². The molecule has 1 aliphatic rings. The van der Waals surface area contributed by atoms with Crippen molar-refractivity contribution in [2.75, 3.05) is 6.61 Å². The van der Waals surface area contributed by atoms with Gasteiger partial charge in [0.2, 0.25) is 0 Å². The lowest BCUT2D eigenvalue weighted by Crippen LogP contribution is -2.42. The van der Waals surface area contributed by atoms with Crippen molar-refractivity contribution < 1.29 is 9.66 Å². The molecule has 1 aliphatic carbocycles. The van der Waals surface area contributed by atoms with Crippen LogP contribution >= 0.6 is 11.3 Å². The molecule has 1 aromatic rings. The second kappa shape index (κ2) is 4.34. The van der Waals surface area contributed by atoms with Gasteiger partial charge in [-0.2, -0.15) is 0 Å². The number of ether oxygens (including phenoxy) is 1. The van der Waals surface area contributed by atoms with Gasteiger partial charge < -0.3 is 10.5 Å². The van der Waals surface area contributed by atoms with Gasteiger partial charge >= 0.3 is 5.00 Å². The summed E-state index contributed by atoms with van der Waals surface area (Å²) in [7, 11) is 0. The largest absolute Gasteiger partial charge is 0.468 e. The fourth-order valence-electron chi connectivity index (χ4n) is 1.83. The van der Waals surface area contributed by atoms with Crippen molar-refractivity contribution in [1.82, 2.24) is 4.98 Å². The molecule has 1 heterocycles. The number of hydrogen-bond donors (Lipinski definition) is 1. The fraction of sp³-hybridized carbons (Fsp3) is 0.667. The number of aromatic nitrogens is 1. The summed E-state index contributed by atoms with van der Waals surface area (Å²) in [5.74, 6) is 0. The van der Waals surface area contributed by atoms with Gasteiger partial charge in [-0.25, -0.2) is 4.98 Å².